The predicted octanol–water partition coefficient (Wildman–Crippen LogP) is 4.15. The highest BCUT2D eigenvalue weighted by atomic mass is 16.5. The minimum absolute atomic E-state index is 0.0523. The molecule has 0 aliphatic carbocycles. The minimum Gasteiger partial charge on any atom is -0.482 e. The number of rotatable bonds is 5. The maximum Gasteiger partial charge on any atom is 0.254 e. The van der Waals surface area contributed by atoms with Crippen molar-refractivity contribution in [3.05, 3.63) is 71.8 Å². The van der Waals surface area contributed by atoms with E-state index in [0.29, 0.717) is 34.2 Å². The monoisotopic (exact) mass is 358 g/mol. The molecule has 2 aromatic carbocycles. The van der Waals surface area contributed by atoms with Crippen LogP contribution in [0.3, 0.4) is 0 Å². The molecular weight excluding hydrogens is 344 g/mol. The Kier molecular flexibility index (Phi) is 4.37. The smallest absolute Gasteiger partial charge is 0.254 e. The Hall–Kier alpha value is -3.92. The Labute approximate surface area is 154 Å². The summed E-state index contributed by atoms with van der Waals surface area (Å²) in [6.45, 7) is 1.84. The van der Waals surface area contributed by atoms with Gasteiger partial charge in [-0.15, -0.1) is 10.2 Å². The van der Waals surface area contributed by atoms with E-state index in [1.807, 2.05) is 30.3 Å². The maximum absolute atomic E-state index is 9.12. The van der Waals surface area contributed by atoms with Gasteiger partial charge in [0.1, 0.15) is 28.8 Å². The van der Waals surface area contributed by atoms with E-state index in [9.17, 15) is 0 Å². The van der Waals surface area contributed by atoms with Crippen LogP contribution in [0.5, 0.6) is 5.75 Å². The van der Waals surface area contributed by atoms with Gasteiger partial charge in [-0.25, -0.2) is 0 Å². The Morgan fingerprint density at radius 1 is 1.04 bits per heavy atom. The number of nitriles is 1. The molecule has 7 heteroatoms. The first kappa shape index (κ1) is 16.5. The Morgan fingerprint density at radius 3 is 2.63 bits per heavy atom. The van der Waals surface area contributed by atoms with Crippen LogP contribution < -0.4 is 4.74 Å². The predicted molar refractivity (Wildman–Crippen MR) is 95.5 cm³/mol. The fraction of sp³-hybridized carbons (Fsp3) is 0.100. The van der Waals surface area contributed by atoms with Crippen LogP contribution in [0.2, 0.25) is 0 Å². The highest BCUT2D eigenvalue weighted by Crippen LogP contribution is 2.33. The largest absolute Gasteiger partial charge is 0.482 e. The zero-order valence-corrected chi connectivity index (χ0v) is 14.4. The van der Waals surface area contributed by atoms with E-state index in [2.05, 4.69) is 21.4 Å². The second-order valence-corrected chi connectivity index (χ2v) is 5.73. The number of aromatic nitrogens is 3. The fourth-order valence-electron chi connectivity index (χ4n) is 2.65. The van der Waals surface area contributed by atoms with Gasteiger partial charge in [0, 0.05) is 5.56 Å². The van der Waals surface area contributed by atoms with Gasteiger partial charge in [0.15, 0.2) is 6.61 Å². The third-order valence-electron chi connectivity index (χ3n) is 3.95. The lowest BCUT2D eigenvalue weighted by Crippen LogP contribution is -1.97. The molecule has 0 unspecified atom stereocenters. The summed E-state index contributed by atoms with van der Waals surface area (Å²) in [5.74, 6) is 1.64. The quantitative estimate of drug-likeness (QED) is 0.528. The Bertz CT molecular complexity index is 1110. The van der Waals surface area contributed by atoms with Crippen LogP contribution in [0.25, 0.3) is 22.7 Å². The van der Waals surface area contributed by atoms with Crippen LogP contribution in [0.1, 0.15) is 17.2 Å². The lowest BCUT2D eigenvalue weighted by atomic mass is 10.1. The van der Waals surface area contributed by atoms with E-state index < -0.39 is 0 Å². The first-order valence-corrected chi connectivity index (χ1v) is 8.22. The summed E-state index contributed by atoms with van der Waals surface area (Å²) in [7, 11) is 0. The maximum atomic E-state index is 9.12. The van der Waals surface area contributed by atoms with Crippen LogP contribution in [0.15, 0.2) is 63.5 Å². The molecule has 27 heavy (non-hydrogen) atoms. The van der Waals surface area contributed by atoms with Crippen LogP contribution in [0, 0.1) is 18.3 Å². The molecule has 0 fully saturated rings. The summed E-state index contributed by atoms with van der Waals surface area (Å²) in [5.41, 5.74) is 2.62. The van der Waals surface area contributed by atoms with E-state index >= 15 is 0 Å². The second-order valence-electron chi connectivity index (χ2n) is 5.73. The number of aryl methyl sites for hydroxylation is 1. The molecule has 0 aliphatic rings. The molecule has 0 atom stereocenters. The van der Waals surface area contributed by atoms with Crippen molar-refractivity contribution in [2.75, 3.05) is 0 Å². The van der Waals surface area contributed by atoms with Crippen molar-refractivity contribution in [1.29, 1.82) is 5.26 Å². The third-order valence-corrected chi connectivity index (χ3v) is 3.95. The zero-order chi connectivity index (χ0) is 18.6. The molecular formula is C20H14N4O3. The van der Waals surface area contributed by atoms with Crippen molar-refractivity contribution < 1.29 is 13.7 Å². The Morgan fingerprint density at radius 2 is 1.81 bits per heavy atom. The van der Waals surface area contributed by atoms with Gasteiger partial charge < -0.3 is 13.7 Å². The average molecular weight is 358 g/mol. The summed E-state index contributed by atoms with van der Waals surface area (Å²) >= 11 is 0. The van der Waals surface area contributed by atoms with Gasteiger partial charge >= 0.3 is 0 Å². The average Bonchev–Trinajstić information content (AvgIpc) is 3.33. The number of hydrogen-bond donors (Lipinski definition) is 0. The van der Waals surface area contributed by atoms with Gasteiger partial charge in [-0.3, -0.25) is 0 Å². The number of para-hydroxylation sites is 1. The van der Waals surface area contributed by atoms with E-state index in [1.165, 1.54) is 0 Å². The van der Waals surface area contributed by atoms with Crippen molar-refractivity contribution in [2.45, 2.75) is 13.5 Å². The first-order valence-electron chi connectivity index (χ1n) is 8.22. The number of nitrogens with zero attached hydrogens (tertiary/aromatic N) is 4. The topological polar surface area (TPSA) is 98.0 Å². The summed E-state index contributed by atoms with van der Waals surface area (Å²) in [4.78, 5) is 0. The molecule has 4 aromatic rings. The first-order chi connectivity index (χ1) is 13.3. The molecule has 0 spiro atoms. The fourth-order valence-corrected chi connectivity index (χ4v) is 2.65. The highest BCUT2D eigenvalue weighted by molar-refractivity contribution is 5.77. The molecule has 132 valence electrons. The summed E-state index contributed by atoms with van der Waals surface area (Å²) in [5, 5.41) is 21.4. The minimum atomic E-state index is 0.0523. The van der Waals surface area contributed by atoms with Crippen LogP contribution >= 0.6 is 0 Å². The van der Waals surface area contributed by atoms with Gasteiger partial charge in [0.05, 0.1) is 5.56 Å². The molecule has 0 radical (unpaired) electrons. The van der Waals surface area contributed by atoms with Crippen molar-refractivity contribution in [3.8, 4) is 34.5 Å². The molecule has 4 rings (SSSR count). The molecule has 0 N–H and O–H groups in total. The molecule has 2 heterocycles. The van der Waals surface area contributed by atoms with Crippen LogP contribution in [-0.2, 0) is 6.61 Å². The van der Waals surface area contributed by atoms with Crippen molar-refractivity contribution in [1.82, 2.24) is 15.4 Å². The standard InChI is InChI=1S/C20H14N4O3/c1-13-18(19(24-27-13)14-7-3-2-4-8-14)20-23-22-17(26-20)12-25-16-10-6-5-9-15(16)11-21/h2-10H,12H2,1H3. The van der Waals surface area contributed by atoms with Gasteiger partial charge in [-0.05, 0) is 19.1 Å². The van der Waals surface area contributed by atoms with Gasteiger partial charge in [0.2, 0.25) is 0 Å². The zero-order valence-electron chi connectivity index (χ0n) is 14.4. The molecule has 0 saturated carbocycles. The number of benzene rings is 2. The normalized spacial score (nSPS) is 10.5. The molecule has 0 amide bonds. The second kappa shape index (κ2) is 7.14. The van der Waals surface area contributed by atoms with Crippen molar-refractivity contribution in [3.63, 3.8) is 0 Å². The van der Waals surface area contributed by atoms with Crippen LogP contribution in [-0.4, -0.2) is 15.4 Å². The van der Waals surface area contributed by atoms with Crippen molar-refractivity contribution in [2.24, 2.45) is 0 Å². The van der Waals surface area contributed by atoms with E-state index in [1.54, 1.807) is 31.2 Å². The summed E-state index contributed by atoms with van der Waals surface area (Å²) in [6.07, 6.45) is 0. The lowest BCUT2D eigenvalue weighted by molar-refractivity contribution is 0.264. The lowest BCUT2D eigenvalue weighted by Gasteiger charge is -2.04. The molecule has 0 saturated heterocycles. The van der Waals surface area contributed by atoms with Crippen LogP contribution in [0.4, 0.5) is 0 Å². The number of hydrogen-bond acceptors (Lipinski definition) is 7. The molecule has 0 bridgehead atoms. The molecule has 2 aromatic heterocycles. The summed E-state index contributed by atoms with van der Waals surface area (Å²) in [6, 6.07) is 18.7. The summed E-state index contributed by atoms with van der Waals surface area (Å²) < 4.78 is 16.7. The highest BCUT2D eigenvalue weighted by Gasteiger charge is 2.22. The van der Waals surface area contributed by atoms with E-state index in [-0.39, 0.29) is 12.5 Å². The molecule has 0 aliphatic heterocycles. The SMILES string of the molecule is Cc1onc(-c2ccccc2)c1-c1nnc(COc2ccccc2C#N)o1. The van der Waals surface area contributed by atoms with Gasteiger partial charge in [-0.1, -0.05) is 47.6 Å². The van der Waals surface area contributed by atoms with E-state index in [0.717, 1.165) is 5.56 Å². The van der Waals surface area contributed by atoms with Gasteiger partial charge in [-0.2, -0.15) is 5.26 Å². The number of ether oxygens (including phenoxy) is 1. The van der Waals surface area contributed by atoms with Gasteiger partial charge in [0.25, 0.3) is 11.8 Å². The third kappa shape index (κ3) is 3.28. The van der Waals surface area contributed by atoms with E-state index in [4.69, 9.17) is 18.9 Å². The molecule has 7 nitrogen and oxygen atoms in total. The Balaban J connectivity index is 1.59. The van der Waals surface area contributed by atoms with Crippen molar-refractivity contribution >= 4 is 0 Å².